The number of rotatable bonds is 6. The van der Waals surface area contributed by atoms with E-state index in [9.17, 15) is 4.79 Å². The van der Waals surface area contributed by atoms with Gasteiger partial charge in [-0.1, -0.05) is 13.0 Å². The van der Waals surface area contributed by atoms with Gasteiger partial charge in [0.15, 0.2) is 0 Å². The van der Waals surface area contributed by atoms with Crippen molar-refractivity contribution in [1.82, 2.24) is 9.97 Å². The van der Waals surface area contributed by atoms with Gasteiger partial charge >= 0.3 is 5.97 Å². The van der Waals surface area contributed by atoms with E-state index >= 15 is 0 Å². The highest BCUT2D eigenvalue weighted by Crippen LogP contribution is 2.08. The average Bonchev–Trinajstić information content (AvgIpc) is 2.28. The normalized spacial score (nSPS) is 11.8. The van der Waals surface area contributed by atoms with E-state index < -0.39 is 12.0 Å². The highest BCUT2D eigenvalue weighted by Gasteiger charge is 2.15. The monoisotopic (exact) mass is 221 g/mol. The molecule has 1 unspecified atom stereocenters. The van der Waals surface area contributed by atoms with Crippen LogP contribution in [0.2, 0.25) is 0 Å². The summed E-state index contributed by atoms with van der Waals surface area (Å²) in [6.07, 6.45) is 4.12. The predicted molar refractivity (Wildman–Crippen MR) is 61.3 cm³/mol. The summed E-state index contributed by atoms with van der Waals surface area (Å²) in [7, 11) is 0. The molecule has 0 fully saturated rings. The number of carbonyl (C=O) groups is 1. The number of hydrogen-bond acceptors (Lipinski definition) is 4. The summed E-state index contributed by atoms with van der Waals surface area (Å²) in [6, 6.07) is 1.05. The van der Waals surface area contributed by atoms with Gasteiger partial charge in [0.25, 0.3) is 0 Å². The molecule has 16 heavy (non-hydrogen) atoms. The smallest absolute Gasteiger partial charge is 0.326 e. The molecule has 1 aromatic rings. The Morgan fingerprint density at radius 1 is 1.69 bits per heavy atom. The van der Waals surface area contributed by atoms with Gasteiger partial charge in [0, 0.05) is 11.8 Å². The summed E-state index contributed by atoms with van der Waals surface area (Å²) in [4.78, 5) is 18.9. The minimum absolute atomic E-state index is 0.348. The van der Waals surface area contributed by atoms with Crippen molar-refractivity contribution in [2.24, 2.45) is 0 Å². The standard InChI is InChI=1S/C11H15N3O2/c1-3-5-9(11(15)16)14-10-6-8(4-2)12-7-13-10/h3,6-7,9H,1,4-5H2,2H3,(H,15,16)(H,12,13,14). The third-order valence-corrected chi connectivity index (χ3v) is 2.11. The maximum Gasteiger partial charge on any atom is 0.326 e. The minimum Gasteiger partial charge on any atom is -0.480 e. The zero-order valence-electron chi connectivity index (χ0n) is 9.18. The number of carboxylic acid groups (broad SMARTS) is 1. The molecular weight excluding hydrogens is 206 g/mol. The molecular formula is C11H15N3O2. The molecule has 0 saturated carbocycles. The van der Waals surface area contributed by atoms with Crippen LogP contribution in [0.4, 0.5) is 5.82 Å². The molecule has 1 rings (SSSR count). The molecule has 0 aliphatic rings. The maximum absolute atomic E-state index is 10.9. The van der Waals surface area contributed by atoms with Crippen LogP contribution in [0.15, 0.2) is 25.0 Å². The molecule has 1 atom stereocenters. The molecule has 0 amide bonds. The molecule has 0 saturated heterocycles. The second kappa shape index (κ2) is 5.85. The number of aliphatic carboxylic acids is 1. The van der Waals surface area contributed by atoms with Crippen molar-refractivity contribution in [2.45, 2.75) is 25.8 Å². The molecule has 0 aliphatic heterocycles. The first-order valence-electron chi connectivity index (χ1n) is 5.08. The zero-order chi connectivity index (χ0) is 12.0. The van der Waals surface area contributed by atoms with Crippen LogP contribution in [0.25, 0.3) is 0 Å². The van der Waals surface area contributed by atoms with Crippen LogP contribution in [0, 0.1) is 0 Å². The van der Waals surface area contributed by atoms with Crippen LogP contribution in [0.3, 0.4) is 0 Å². The van der Waals surface area contributed by atoms with E-state index in [0.717, 1.165) is 12.1 Å². The van der Waals surface area contributed by atoms with Crippen LogP contribution >= 0.6 is 0 Å². The molecule has 0 bridgehead atoms. The van der Waals surface area contributed by atoms with Gasteiger partial charge in [0.1, 0.15) is 18.2 Å². The fraction of sp³-hybridized carbons (Fsp3) is 0.364. The second-order valence-electron chi connectivity index (χ2n) is 3.31. The van der Waals surface area contributed by atoms with Crippen molar-refractivity contribution in [3.05, 3.63) is 30.7 Å². The van der Waals surface area contributed by atoms with Gasteiger partial charge in [-0.05, 0) is 12.8 Å². The van der Waals surface area contributed by atoms with Crippen LogP contribution in [0.1, 0.15) is 19.0 Å². The van der Waals surface area contributed by atoms with Gasteiger partial charge in [0.05, 0.1) is 0 Å². The fourth-order valence-corrected chi connectivity index (χ4v) is 1.24. The first kappa shape index (κ1) is 12.2. The van der Waals surface area contributed by atoms with Crippen LogP contribution < -0.4 is 5.32 Å². The fourth-order valence-electron chi connectivity index (χ4n) is 1.24. The van der Waals surface area contributed by atoms with Crippen LogP contribution in [0.5, 0.6) is 0 Å². The van der Waals surface area contributed by atoms with E-state index in [1.807, 2.05) is 6.92 Å². The Bertz CT molecular complexity index is 379. The molecule has 1 heterocycles. The summed E-state index contributed by atoms with van der Waals surface area (Å²) in [6.45, 7) is 5.50. The van der Waals surface area contributed by atoms with E-state index in [1.54, 1.807) is 12.1 Å². The number of aromatic nitrogens is 2. The van der Waals surface area contributed by atoms with E-state index in [1.165, 1.54) is 6.33 Å². The lowest BCUT2D eigenvalue weighted by Crippen LogP contribution is -2.29. The second-order valence-corrected chi connectivity index (χ2v) is 3.31. The first-order valence-corrected chi connectivity index (χ1v) is 5.08. The lowest BCUT2D eigenvalue weighted by Gasteiger charge is -2.13. The largest absolute Gasteiger partial charge is 0.480 e. The van der Waals surface area contributed by atoms with E-state index in [-0.39, 0.29) is 0 Å². The molecule has 0 spiro atoms. The van der Waals surface area contributed by atoms with Crippen molar-refractivity contribution in [3.63, 3.8) is 0 Å². The van der Waals surface area contributed by atoms with Crippen molar-refractivity contribution in [3.8, 4) is 0 Å². The first-order chi connectivity index (χ1) is 7.67. The van der Waals surface area contributed by atoms with Gasteiger partial charge in [-0.15, -0.1) is 6.58 Å². The zero-order valence-corrected chi connectivity index (χ0v) is 9.18. The van der Waals surface area contributed by atoms with E-state index in [0.29, 0.717) is 12.2 Å². The van der Waals surface area contributed by atoms with Gasteiger partial charge < -0.3 is 10.4 Å². The third kappa shape index (κ3) is 3.34. The Kier molecular flexibility index (Phi) is 4.44. The summed E-state index contributed by atoms with van der Waals surface area (Å²) >= 11 is 0. The summed E-state index contributed by atoms with van der Waals surface area (Å²) in [5.41, 5.74) is 0.875. The topological polar surface area (TPSA) is 75.1 Å². The number of nitrogens with one attached hydrogen (secondary N) is 1. The predicted octanol–water partition coefficient (Wildman–Crippen LogP) is 1.48. The van der Waals surface area contributed by atoms with Crippen LogP contribution in [-0.2, 0) is 11.2 Å². The molecule has 5 nitrogen and oxygen atoms in total. The highest BCUT2D eigenvalue weighted by molar-refractivity contribution is 5.77. The number of aryl methyl sites for hydroxylation is 1. The Morgan fingerprint density at radius 2 is 2.44 bits per heavy atom. The quantitative estimate of drug-likeness (QED) is 0.712. The summed E-state index contributed by atoms with van der Waals surface area (Å²) in [5.74, 6) is -0.391. The van der Waals surface area contributed by atoms with Crippen LogP contribution in [-0.4, -0.2) is 27.1 Å². The third-order valence-electron chi connectivity index (χ3n) is 2.11. The average molecular weight is 221 g/mol. The number of hydrogen-bond donors (Lipinski definition) is 2. The maximum atomic E-state index is 10.9. The number of nitrogens with zero attached hydrogens (tertiary/aromatic N) is 2. The molecule has 1 aromatic heterocycles. The molecule has 0 radical (unpaired) electrons. The van der Waals surface area contributed by atoms with Crippen molar-refractivity contribution < 1.29 is 9.90 Å². The van der Waals surface area contributed by atoms with Gasteiger partial charge in [-0.2, -0.15) is 0 Å². The Labute approximate surface area is 94.2 Å². The van der Waals surface area contributed by atoms with Gasteiger partial charge in [0.2, 0.25) is 0 Å². The van der Waals surface area contributed by atoms with E-state index in [4.69, 9.17) is 5.11 Å². The van der Waals surface area contributed by atoms with Gasteiger partial charge in [-0.25, -0.2) is 14.8 Å². The molecule has 86 valence electrons. The Balaban J connectivity index is 2.76. The lowest BCUT2D eigenvalue weighted by molar-refractivity contribution is -0.137. The minimum atomic E-state index is -0.920. The summed E-state index contributed by atoms with van der Waals surface area (Å²) < 4.78 is 0. The van der Waals surface area contributed by atoms with Crippen molar-refractivity contribution >= 4 is 11.8 Å². The molecule has 5 heteroatoms. The Hall–Kier alpha value is -1.91. The van der Waals surface area contributed by atoms with E-state index in [2.05, 4.69) is 21.9 Å². The molecule has 2 N–H and O–H groups in total. The SMILES string of the molecule is C=CCC(Nc1cc(CC)ncn1)C(=O)O. The number of anilines is 1. The lowest BCUT2D eigenvalue weighted by atomic mass is 10.2. The van der Waals surface area contributed by atoms with Crippen molar-refractivity contribution in [2.75, 3.05) is 5.32 Å². The molecule has 0 aromatic carbocycles. The van der Waals surface area contributed by atoms with Gasteiger partial charge in [-0.3, -0.25) is 0 Å². The summed E-state index contributed by atoms with van der Waals surface area (Å²) in [5, 5.41) is 11.8. The highest BCUT2D eigenvalue weighted by atomic mass is 16.4. The number of carboxylic acids is 1. The Morgan fingerprint density at radius 3 is 3.00 bits per heavy atom. The van der Waals surface area contributed by atoms with Crippen molar-refractivity contribution in [1.29, 1.82) is 0 Å². The molecule has 0 aliphatic carbocycles.